The predicted molar refractivity (Wildman–Crippen MR) is 94.8 cm³/mol. The van der Waals surface area contributed by atoms with Crippen LogP contribution in [-0.4, -0.2) is 36.8 Å². The van der Waals surface area contributed by atoms with Crippen LogP contribution >= 0.6 is 0 Å². The molecule has 1 saturated heterocycles. The molecule has 1 aliphatic heterocycles. The smallest absolute Gasteiger partial charge is 0.243 e. The van der Waals surface area contributed by atoms with Crippen molar-refractivity contribution < 1.29 is 22.7 Å². The van der Waals surface area contributed by atoms with Crippen LogP contribution in [0.25, 0.3) is 0 Å². The number of carbonyl (C=O) groups is 1. The highest BCUT2D eigenvalue weighted by atomic mass is 32.2. The van der Waals surface area contributed by atoms with Gasteiger partial charge in [-0.25, -0.2) is 12.8 Å². The number of hydrogen-bond donors (Lipinski definition) is 2. The van der Waals surface area contributed by atoms with Crippen molar-refractivity contribution in [1.29, 1.82) is 0 Å². The molecule has 0 bridgehead atoms. The number of hydrogen-bond acceptors (Lipinski definition) is 4. The first-order valence-corrected chi connectivity index (χ1v) is 9.68. The van der Waals surface area contributed by atoms with Crippen LogP contribution < -0.4 is 5.32 Å². The molecule has 138 valence electrons. The van der Waals surface area contributed by atoms with Gasteiger partial charge in [-0.2, -0.15) is 4.31 Å². The third kappa shape index (κ3) is 4.03. The van der Waals surface area contributed by atoms with Gasteiger partial charge in [-0.05, 0) is 48.7 Å². The Hall–Kier alpha value is -2.45. The number of halogens is 1. The second-order valence-corrected chi connectivity index (χ2v) is 8.08. The fourth-order valence-electron chi connectivity index (χ4n) is 2.84. The lowest BCUT2D eigenvalue weighted by Gasteiger charge is -2.16. The molecule has 0 aliphatic carbocycles. The van der Waals surface area contributed by atoms with Gasteiger partial charge < -0.3 is 10.4 Å². The van der Waals surface area contributed by atoms with Crippen molar-refractivity contribution in [2.75, 3.05) is 18.4 Å². The quantitative estimate of drug-likeness (QED) is 0.783. The molecule has 0 radical (unpaired) electrons. The van der Waals surface area contributed by atoms with E-state index in [1.165, 1.54) is 46.8 Å². The van der Waals surface area contributed by atoms with Crippen molar-refractivity contribution in [3.8, 4) is 5.75 Å². The van der Waals surface area contributed by atoms with Gasteiger partial charge >= 0.3 is 0 Å². The van der Waals surface area contributed by atoms with Crippen molar-refractivity contribution in [2.45, 2.75) is 24.2 Å². The van der Waals surface area contributed by atoms with E-state index in [9.17, 15) is 22.7 Å². The molecule has 2 N–H and O–H groups in total. The Labute approximate surface area is 151 Å². The lowest BCUT2D eigenvalue weighted by molar-refractivity contribution is -0.115. The SMILES string of the molecule is O=C(Cc1ccc(F)cc1)Nc1cc(S(=O)(=O)N2CCCC2)ccc1O. The Balaban J connectivity index is 1.77. The fourth-order valence-corrected chi connectivity index (χ4v) is 4.38. The lowest BCUT2D eigenvalue weighted by atomic mass is 10.1. The number of nitrogens with one attached hydrogen (secondary N) is 1. The molecular weight excluding hydrogens is 359 g/mol. The molecule has 3 rings (SSSR count). The molecule has 2 aromatic carbocycles. The van der Waals surface area contributed by atoms with Gasteiger partial charge in [0.2, 0.25) is 15.9 Å². The number of carbonyl (C=O) groups excluding carboxylic acids is 1. The molecule has 6 nitrogen and oxygen atoms in total. The van der Waals surface area contributed by atoms with Gasteiger partial charge in [0.15, 0.2) is 0 Å². The first kappa shape index (κ1) is 18.3. The molecule has 0 unspecified atom stereocenters. The molecule has 1 fully saturated rings. The van der Waals surface area contributed by atoms with E-state index in [4.69, 9.17) is 0 Å². The number of sulfonamides is 1. The molecule has 0 saturated carbocycles. The summed E-state index contributed by atoms with van der Waals surface area (Å²) in [5, 5.41) is 12.5. The zero-order valence-corrected chi connectivity index (χ0v) is 14.8. The minimum atomic E-state index is -3.65. The first-order valence-electron chi connectivity index (χ1n) is 8.24. The second kappa shape index (κ2) is 7.43. The van der Waals surface area contributed by atoms with Crippen molar-refractivity contribution in [3.63, 3.8) is 0 Å². The van der Waals surface area contributed by atoms with Gasteiger partial charge in [0.1, 0.15) is 11.6 Å². The maximum atomic E-state index is 12.9. The van der Waals surface area contributed by atoms with Crippen LogP contribution in [0.4, 0.5) is 10.1 Å². The predicted octanol–water partition coefficient (Wildman–Crippen LogP) is 2.50. The zero-order chi connectivity index (χ0) is 18.7. The largest absolute Gasteiger partial charge is 0.506 e. The maximum Gasteiger partial charge on any atom is 0.243 e. The minimum Gasteiger partial charge on any atom is -0.506 e. The average Bonchev–Trinajstić information content (AvgIpc) is 3.14. The van der Waals surface area contributed by atoms with Crippen molar-refractivity contribution in [1.82, 2.24) is 4.31 Å². The van der Waals surface area contributed by atoms with E-state index in [1.807, 2.05) is 0 Å². The normalized spacial score (nSPS) is 15.1. The van der Waals surface area contributed by atoms with E-state index in [1.54, 1.807) is 0 Å². The van der Waals surface area contributed by atoms with Gasteiger partial charge in [0, 0.05) is 13.1 Å². The number of benzene rings is 2. The molecule has 8 heteroatoms. The number of nitrogens with zero attached hydrogens (tertiary/aromatic N) is 1. The zero-order valence-electron chi connectivity index (χ0n) is 14.0. The third-order valence-corrected chi connectivity index (χ3v) is 6.12. The molecule has 0 spiro atoms. The van der Waals surface area contributed by atoms with Crippen LogP contribution in [0.2, 0.25) is 0 Å². The summed E-state index contributed by atoms with van der Waals surface area (Å²) in [6, 6.07) is 9.30. The summed E-state index contributed by atoms with van der Waals surface area (Å²) in [6.07, 6.45) is 1.61. The average molecular weight is 378 g/mol. The maximum absolute atomic E-state index is 12.9. The number of aromatic hydroxyl groups is 1. The van der Waals surface area contributed by atoms with Gasteiger partial charge in [0.05, 0.1) is 17.0 Å². The first-order chi connectivity index (χ1) is 12.4. The molecule has 2 aromatic rings. The summed E-state index contributed by atoms with van der Waals surface area (Å²) in [4.78, 5) is 12.2. The molecule has 0 atom stereocenters. The standard InChI is InChI=1S/C18H19FN2O4S/c19-14-5-3-13(4-6-14)11-18(23)20-16-12-15(7-8-17(16)22)26(24,25)21-9-1-2-10-21/h3-8,12,22H,1-2,9-11H2,(H,20,23). The van der Waals surface area contributed by atoms with Crippen molar-refractivity contribution in [2.24, 2.45) is 0 Å². The third-order valence-electron chi connectivity index (χ3n) is 4.22. The van der Waals surface area contributed by atoms with Crippen LogP contribution in [0.3, 0.4) is 0 Å². The summed E-state index contributed by atoms with van der Waals surface area (Å²) < 4.78 is 39.5. The number of phenolic OH excluding ortho intramolecular Hbond substituents is 1. The van der Waals surface area contributed by atoms with E-state index >= 15 is 0 Å². The van der Waals surface area contributed by atoms with Crippen LogP contribution in [0.1, 0.15) is 18.4 Å². The molecular formula is C18H19FN2O4S. The number of phenols is 1. The van der Waals surface area contributed by atoms with E-state index < -0.39 is 21.7 Å². The van der Waals surface area contributed by atoms with E-state index in [-0.39, 0.29) is 22.8 Å². The van der Waals surface area contributed by atoms with Crippen LogP contribution in [-0.2, 0) is 21.2 Å². The highest BCUT2D eigenvalue weighted by Crippen LogP contribution is 2.29. The van der Waals surface area contributed by atoms with Gasteiger partial charge in [0.25, 0.3) is 0 Å². The van der Waals surface area contributed by atoms with Crippen molar-refractivity contribution >= 4 is 21.6 Å². The van der Waals surface area contributed by atoms with Crippen LogP contribution in [0.5, 0.6) is 5.75 Å². The highest BCUT2D eigenvalue weighted by Gasteiger charge is 2.27. The molecule has 1 aliphatic rings. The Morgan fingerprint density at radius 2 is 1.77 bits per heavy atom. The van der Waals surface area contributed by atoms with Crippen LogP contribution in [0, 0.1) is 5.82 Å². The summed E-state index contributed by atoms with van der Waals surface area (Å²) in [6.45, 7) is 0.935. The number of anilines is 1. The lowest BCUT2D eigenvalue weighted by Crippen LogP contribution is -2.28. The second-order valence-electron chi connectivity index (χ2n) is 6.14. The molecule has 26 heavy (non-hydrogen) atoms. The summed E-state index contributed by atoms with van der Waals surface area (Å²) in [7, 11) is -3.65. The molecule has 0 aromatic heterocycles. The number of amides is 1. The number of rotatable bonds is 5. The van der Waals surface area contributed by atoms with E-state index in [2.05, 4.69) is 5.32 Å². The van der Waals surface area contributed by atoms with Crippen LogP contribution in [0.15, 0.2) is 47.4 Å². The Bertz CT molecular complexity index is 907. The Kier molecular flexibility index (Phi) is 5.24. The highest BCUT2D eigenvalue weighted by molar-refractivity contribution is 7.89. The van der Waals surface area contributed by atoms with E-state index in [0.29, 0.717) is 18.7 Å². The topological polar surface area (TPSA) is 86.7 Å². The molecule has 1 amide bonds. The fraction of sp³-hybridized carbons (Fsp3) is 0.278. The van der Waals surface area contributed by atoms with E-state index in [0.717, 1.165) is 12.8 Å². The monoisotopic (exact) mass is 378 g/mol. The Morgan fingerprint density at radius 3 is 2.42 bits per heavy atom. The minimum absolute atomic E-state index is 0.0225. The van der Waals surface area contributed by atoms with Crippen molar-refractivity contribution in [3.05, 3.63) is 53.8 Å². The summed E-state index contributed by atoms with van der Waals surface area (Å²) >= 11 is 0. The van der Waals surface area contributed by atoms with Gasteiger partial charge in [-0.3, -0.25) is 4.79 Å². The molecule has 1 heterocycles. The summed E-state index contributed by atoms with van der Waals surface area (Å²) in [5.74, 6) is -1.06. The Morgan fingerprint density at radius 1 is 1.12 bits per heavy atom. The summed E-state index contributed by atoms with van der Waals surface area (Å²) in [5.41, 5.74) is 0.626. The van der Waals surface area contributed by atoms with Gasteiger partial charge in [-0.15, -0.1) is 0 Å². The van der Waals surface area contributed by atoms with Gasteiger partial charge in [-0.1, -0.05) is 12.1 Å².